The number of nitrogens with one attached hydrogen (secondary N) is 1. The smallest absolute Gasteiger partial charge is 0.143 e. The zero-order valence-electron chi connectivity index (χ0n) is 20.6. The molecule has 2 aromatic carbocycles. The van der Waals surface area contributed by atoms with E-state index in [1.54, 1.807) is 30.5 Å². The quantitative estimate of drug-likeness (QED) is 0.246. The lowest BCUT2D eigenvalue weighted by Gasteiger charge is -2.22. The first kappa shape index (κ1) is 30.5. The third-order valence-corrected chi connectivity index (χ3v) is 5.69. The van der Waals surface area contributed by atoms with Gasteiger partial charge < -0.3 is 31.4 Å². The second-order valence-electron chi connectivity index (χ2n) is 8.77. The van der Waals surface area contributed by atoms with Crippen LogP contribution in [0.4, 0.5) is 5.69 Å². The SMILES string of the molecule is C=O.CC(C)(C)NCCC(CCO)N=C/C(=C\N)c1ccc(N)c(OCc2c(Cl)cccc2Cl)c1. The van der Waals surface area contributed by atoms with Crippen molar-refractivity contribution >= 4 is 47.5 Å². The predicted octanol–water partition coefficient (Wildman–Crippen LogP) is 4.87. The van der Waals surface area contributed by atoms with Crippen molar-refractivity contribution in [2.45, 2.75) is 51.8 Å². The number of benzene rings is 2. The number of rotatable bonds is 11. The molecule has 0 aliphatic carbocycles. The van der Waals surface area contributed by atoms with Crippen molar-refractivity contribution < 1.29 is 14.6 Å². The fraction of sp³-hybridized carbons (Fsp3) is 0.385. The molecule has 0 bridgehead atoms. The Bertz CT molecular complexity index is 971. The number of aliphatic hydroxyl groups is 1. The molecule has 35 heavy (non-hydrogen) atoms. The minimum Gasteiger partial charge on any atom is -0.487 e. The molecule has 0 radical (unpaired) electrons. The van der Waals surface area contributed by atoms with Crippen LogP contribution in [0.15, 0.2) is 47.6 Å². The number of carbonyl (C=O) groups excluding carboxylic acids is 1. The van der Waals surface area contributed by atoms with Gasteiger partial charge in [-0.25, -0.2) is 0 Å². The molecular formula is C26H36Cl2N4O3. The highest BCUT2D eigenvalue weighted by Gasteiger charge is 2.12. The minimum absolute atomic E-state index is 0.0216. The zero-order chi connectivity index (χ0) is 26.4. The highest BCUT2D eigenvalue weighted by Crippen LogP contribution is 2.30. The topological polar surface area (TPSA) is 123 Å². The van der Waals surface area contributed by atoms with Crippen molar-refractivity contribution in [3.8, 4) is 5.75 Å². The van der Waals surface area contributed by atoms with E-state index in [0.29, 0.717) is 33.5 Å². The molecule has 0 aliphatic rings. The number of aliphatic hydroxyl groups excluding tert-OH is 1. The van der Waals surface area contributed by atoms with E-state index in [-0.39, 0.29) is 24.8 Å². The van der Waals surface area contributed by atoms with Crippen molar-refractivity contribution in [3.63, 3.8) is 0 Å². The standard InChI is InChI=1S/C25H34Cl2N4O2.CH2O/c1-25(2,3)31-11-9-19(10-12-32)30-15-18(14-28)17-7-8-23(29)24(13-17)33-16-20-21(26)5-4-6-22(20)27;1-2/h4-8,13-15,19,31-32H,9-12,16,28-29H2,1-3H3;1H2/b18-14+,30-15?;. The third-order valence-electron chi connectivity index (χ3n) is 4.98. The number of allylic oxidation sites excluding steroid dienone is 1. The molecule has 0 saturated heterocycles. The second-order valence-corrected chi connectivity index (χ2v) is 9.59. The molecule has 2 rings (SSSR count). The Morgan fingerprint density at radius 3 is 2.43 bits per heavy atom. The summed E-state index contributed by atoms with van der Waals surface area (Å²) in [6.45, 7) is 9.41. The van der Waals surface area contributed by atoms with Crippen LogP contribution >= 0.6 is 23.2 Å². The Labute approximate surface area is 218 Å². The van der Waals surface area contributed by atoms with Crippen LogP contribution in [0, 0.1) is 0 Å². The molecule has 2 aromatic rings. The molecule has 1 unspecified atom stereocenters. The molecule has 0 amide bonds. The lowest BCUT2D eigenvalue weighted by molar-refractivity contribution is -0.0980. The van der Waals surface area contributed by atoms with E-state index >= 15 is 0 Å². The van der Waals surface area contributed by atoms with E-state index in [1.807, 2.05) is 18.9 Å². The summed E-state index contributed by atoms with van der Waals surface area (Å²) in [4.78, 5) is 12.7. The Morgan fingerprint density at radius 1 is 1.20 bits per heavy atom. The molecule has 6 N–H and O–H groups in total. The molecule has 0 aliphatic heterocycles. The molecule has 0 aromatic heterocycles. The Morgan fingerprint density at radius 2 is 1.86 bits per heavy atom. The van der Waals surface area contributed by atoms with Gasteiger partial charge in [-0.15, -0.1) is 0 Å². The average molecular weight is 524 g/mol. The van der Waals surface area contributed by atoms with Crippen LogP contribution in [0.1, 0.15) is 44.7 Å². The van der Waals surface area contributed by atoms with Gasteiger partial charge in [0.05, 0.1) is 11.7 Å². The first-order valence-corrected chi connectivity index (χ1v) is 12.0. The zero-order valence-corrected chi connectivity index (χ0v) is 22.1. The molecular weight excluding hydrogens is 487 g/mol. The normalized spacial score (nSPS) is 12.8. The van der Waals surface area contributed by atoms with Gasteiger partial charge in [0.25, 0.3) is 0 Å². The van der Waals surface area contributed by atoms with Gasteiger partial charge in [0.15, 0.2) is 0 Å². The fourth-order valence-corrected chi connectivity index (χ4v) is 3.62. The average Bonchev–Trinajstić information content (AvgIpc) is 2.81. The van der Waals surface area contributed by atoms with Crippen molar-refractivity contribution in [1.82, 2.24) is 5.32 Å². The van der Waals surface area contributed by atoms with Crippen LogP contribution in [0.2, 0.25) is 10.0 Å². The number of halogens is 2. The van der Waals surface area contributed by atoms with Crippen molar-refractivity contribution in [3.05, 3.63) is 63.8 Å². The van der Waals surface area contributed by atoms with Crippen LogP contribution in [0.3, 0.4) is 0 Å². The molecule has 0 saturated carbocycles. The highest BCUT2D eigenvalue weighted by molar-refractivity contribution is 6.35. The van der Waals surface area contributed by atoms with Crippen LogP contribution < -0.4 is 21.5 Å². The molecule has 0 spiro atoms. The summed E-state index contributed by atoms with van der Waals surface area (Å²) in [6, 6.07) is 10.7. The van der Waals surface area contributed by atoms with Gasteiger partial charge in [-0.2, -0.15) is 0 Å². The third kappa shape index (κ3) is 10.7. The number of ether oxygens (including phenoxy) is 1. The van der Waals surface area contributed by atoms with E-state index in [9.17, 15) is 5.11 Å². The number of nitrogens with two attached hydrogens (primary N) is 2. The van der Waals surface area contributed by atoms with E-state index < -0.39 is 0 Å². The lowest BCUT2D eigenvalue weighted by Crippen LogP contribution is -2.37. The summed E-state index contributed by atoms with van der Waals surface area (Å²) in [5.41, 5.74) is 14.8. The van der Waals surface area contributed by atoms with Gasteiger partial charge in [-0.3, -0.25) is 4.99 Å². The number of hydrogen-bond donors (Lipinski definition) is 4. The van der Waals surface area contributed by atoms with Crippen molar-refractivity contribution in [2.75, 3.05) is 18.9 Å². The highest BCUT2D eigenvalue weighted by atomic mass is 35.5. The number of anilines is 1. The summed E-state index contributed by atoms with van der Waals surface area (Å²) in [6.07, 6.45) is 4.61. The van der Waals surface area contributed by atoms with Crippen LogP contribution in [0.5, 0.6) is 5.75 Å². The number of hydrogen-bond acceptors (Lipinski definition) is 7. The first-order chi connectivity index (χ1) is 16.6. The van der Waals surface area contributed by atoms with Crippen LogP contribution in [-0.2, 0) is 11.4 Å². The summed E-state index contributed by atoms with van der Waals surface area (Å²) in [7, 11) is 0. The van der Waals surface area contributed by atoms with Crippen LogP contribution in [-0.4, -0.2) is 42.8 Å². The number of nitrogen functional groups attached to an aromatic ring is 1. The van der Waals surface area contributed by atoms with E-state index in [0.717, 1.165) is 24.1 Å². The molecule has 1 atom stereocenters. The molecule has 0 fully saturated rings. The summed E-state index contributed by atoms with van der Waals surface area (Å²) in [5, 5.41) is 13.9. The minimum atomic E-state index is -0.0216. The summed E-state index contributed by atoms with van der Waals surface area (Å²) >= 11 is 12.5. The summed E-state index contributed by atoms with van der Waals surface area (Å²) < 4.78 is 5.92. The number of aliphatic imine (C=N–C) groups is 1. The van der Waals surface area contributed by atoms with Gasteiger partial charge in [-0.05, 0) is 70.0 Å². The predicted molar refractivity (Wildman–Crippen MR) is 147 cm³/mol. The van der Waals surface area contributed by atoms with Crippen molar-refractivity contribution in [1.29, 1.82) is 0 Å². The maximum Gasteiger partial charge on any atom is 0.143 e. The van der Waals surface area contributed by atoms with E-state index in [4.69, 9.17) is 44.2 Å². The van der Waals surface area contributed by atoms with Gasteiger partial charge in [-0.1, -0.05) is 35.3 Å². The Balaban J connectivity index is 0.00000298. The first-order valence-electron chi connectivity index (χ1n) is 11.2. The van der Waals surface area contributed by atoms with Gasteiger partial charge in [0.1, 0.15) is 19.1 Å². The molecule has 9 heteroatoms. The molecule has 192 valence electrons. The van der Waals surface area contributed by atoms with Gasteiger partial charge in [0, 0.05) is 45.7 Å². The monoisotopic (exact) mass is 522 g/mol. The Kier molecular flexibility index (Phi) is 13.4. The maximum atomic E-state index is 9.41. The van der Waals surface area contributed by atoms with E-state index in [2.05, 4.69) is 31.1 Å². The van der Waals surface area contributed by atoms with Crippen LogP contribution in [0.25, 0.3) is 5.57 Å². The number of carbonyl (C=O) groups is 1. The van der Waals surface area contributed by atoms with E-state index in [1.165, 1.54) is 6.20 Å². The number of nitrogens with zero attached hydrogens (tertiary/aromatic N) is 1. The fourth-order valence-electron chi connectivity index (χ4n) is 3.11. The summed E-state index contributed by atoms with van der Waals surface area (Å²) in [5.74, 6) is 0.498. The largest absolute Gasteiger partial charge is 0.487 e. The Hall–Kier alpha value is -2.58. The van der Waals surface area contributed by atoms with Gasteiger partial charge >= 0.3 is 0 Å². The maximum absolute atomic E-state index is 9.41. The van der Waals surface area contributed by atoms with Gasteiger partial charge in [0.2, 0.25) is 0 Å². The lowest BCUT2D eigenvalue weighted by atomic mass is 10.1. The van der Waals surface area contributed by atoms with Crippen molar-refractivity contribution in [2.24, 2.45) is 10.7 Å². The molecule has 7 nitrogen and oxygen atoms in total. The second kappa shape index (κ2) is 15.4. The molecule has 0 heterocycles.